The van der Waals surface area contributed by atoms with Gasteiger partial charge in [0, 0.05) is 16.5 Å². The Labute approximate surface area is 163 Å². The minimum Gasteiger partial charge on any atom is -0.459 e. The van der Waals surface area contributed by atoms with Crippen molar-refractivity contribution in [3.63, 3.8) is 0 Å². The number of nitrogens with one attached hydrogen (secondary N) is 1. The maximum Gasteiger partial charge on any atom is 0.338 e. The van der Waals surface area contributed by atoms with Gasteiger partial charge in [0.05, 0.1) is 17.4 Å². The van der Waals surface area contributed by atoms with E-state index in [1.54, 1.807) is 24.3 Å². The largest absolute Gasteiger partial charge is 0.459 e. The van der Waals surface area contributed by atoms with Crippen molar-refractivity contribution in [3.8, 4) is 0 Å². The highest BCUT2D eigenvalue weighted by molar-refractivity contribution is 7.99. The predicted octanol–water partition coefficient (Wildman–Crippen LogP) is 5.09. The van der Waals surface area contributed by atoms with Gasteiger partial charge in [0.25, 0.3) is 0 Å². The lowest BCUT2D eigenvalue weighted by Crippen LogP contribution is -2.15. The minimum atomic E-state index is -0.331. The van der Waals surface area contributed by atoms with Crippen LogP contribution in [-0.4, -0.2) is 23.7 Å². The number of ether oxygens (including phenoxy) is 1. The summed E-state index contributed by atoms with van der Waals surface area (Å²) in [5, 5.41) is 3.53. The number of halogens is 1. The molecule has 1 N–H and O–H groups in total. The molecular weight excluding hydrogens is 370 g/mol. The van der Waals surface area contributed by atoms with Crippen molar-refractivity contribution in [1.29, 1.82) is 0 Å². The van der Waals surface area contributed by atoms with Crippen LogP contribution in [0.25, 0.3) is 0 Å². The lowest BCUT2D eigenvalue weighted by Gasteiger charge is -2.10. The zero-order valence-corrected chi connectivity index (χ0v) is 16.6. The summed E-state index contributed by atoms with van der Waals surface area (Å²) in [4.78, 5) is 24.0. The number of hydrogen-bond donors (Lipinski definition) is 1. The summed E-state index contributed by atoms with van der Waals surface area (Å²) < 4.78 is 5.20. The number of thioether (sulfide) groups is 1. The molecule has 0 aliphatic heterocycles. The quantitative estimate of drug-likeness (QED) is 0.668. The van der Waals surface area contributed by atoms with Crippen LogP contribution in [0, 0.1) is 6.92 Å². The first kappa shape index (κ1) is 20.3. The van der Waals surface area contributed by atoms with Gasteiger partial charge in [0.1, 0.15) is 0 Å². The molecule has 0 unspecified atom stereocenters. The number of hydrogen-bond acceptors (Lipinski definition) is 4. The second-order valence-corrected chi connectivity index (χ2v) is 7.58. The monoisotopic (exact) mass is 391 g/mol. The van der Waals surface area contributed by atoms with Gasteiger partial charge in [-0.1, -0.05) is 23.7 Å². The molecule has 0 fully saturated rings. The van der Waals surface area contributed by atoms with Crippen LogP contribution < -0.4 is 5.32 Å². The van der Waals surface area contributed by atoms with E-state index in [9.17, 15) is 9.59 Å². The minimum absolute atomic E-state index is 0.0733. The Hall–Kier alpha value is -1.98. The molecular formula is C20H22ClNO3S. The summed E-state index contributed by atoms with van der Waals surface area (Å²) in [7, 11) is 0. The van der Waals surface area contributed by atoms with Crippen molar-refractivity contribution in [2.45, 2.75) is 32.6 Å². The normalized spacial score (nSPS) is 10.7. The van der Waals surface area contributed by atoms with Crippen molar-refractivity contribution >= 4 is 40.9 Å². The molecule has 0 aromatic heterocycles. The Morgan fingerprint density at radius 3 is 2.65 bits per heavy atom. The van der Waals surface area contributed by atoms with Gasteiger partial charge < -0.3 is 10.1 Å². The number of rotatable bonds is 7. The first-order valence-corrected chi connectivity index (χ1v) is 9.82. The van der Waals surface area contributed by atoms with Crippen molar-refractivity contribution in [2.24, 2.45) is 0 Å². The van der Waals surface area contributed by atoms with Crippen LogP contribution >= 0.6 is 23.4 Å². The van der Waals surface area contributed by atoms with Crippen LogP contribution in [0.4, 0.5) is 5.69 Å². The zero-order chi connectivity index (χ0) is 19.1. The van der Waals surface area contributed by atoms with Gasteiger partial charge in [0.2, 0.25) is 5.91 Å². The molecule has 6 heteroatoms. The van der Waals surface area contributed by atoms with E-state index in [0.29, 0.717) is 22.1 Å². The highest BCUT2D eigenvalue weighted by Crippen LogP contribution is 2.20. The molecule has 0 saturated carbocycles. The highest BCUT2D eigenvalue weighted by atomic mass is 35.5. The van der Waals surface area contributed by atoms with Crippen LogP contribution in [0.1, 0.15) is 35.3 Å². The standard InChI is InChI=1S/C20H22ClNO3S/c1-13(2)25-20(24)16-6-4-5-15(10-16)11-26-12-19(23)22-18-8-7-17(21)9-14(18)3/h4-10,13H,11-12H2,1-3H3,(H,22,23). The Balaban J connectivity index is 1.85. The fourth-order valence-electron chi connectivity index (χ4n) is 2.29. The number of anilines is 1. The Kier molecular flexibility index (Phi) is 7.54. The molecule has 0 aliphatic rings. The summed E-state index contributed by atoms with van der Waals surface area (Å²) in [5.41, 5.74) is 3.19. The van der Waals surface area contributed by atoms with E-state index in [-0.39, 0.29) is 18.0 Å². The number of aryl methyl sites for hydroxylation is 1. The van der Waals surface area contributed by atoms with E-state index < -0.39 is 0 Å². The van der Waals surface area contributed by atoms with Crippen molar-refractivity contribution < 1.29 is 14.3 Å². The van der Waals surface area contributed by atoms with Crippen molar-refractivity contribution in [1.82, 2.24) is 0 Å². The molecule has 0 saturated heterocycles. The molecule has 0 heterocycles. The van der Waals surface area contributed by atoms with Crippen LogP contribution in [0.5, 0.6) is 0 Å². The van der Waals surface area contributed by atoms with Crippen LogP contribution in [0.15, 0.2) is 42.5 Å². The van der Waals surface area contributed by atoms with Gasteiger partial charge >= 0.3 is 5.97 Å². The van der Waals surface area contributed by atoms with Gasteiger partial charge in [-0.2, -0.15) is 0 Å². The molecule has 138 valence electrons. The predicted molar refractivity (Wildman–Crippen MR) is 108 cm³/mol. The topological polar surface area (TPSA) is 55.4 Å². The summed E-state index contributed by atoms with van der Waals surface area (Å²) >= 11 is 7.40. The molecule has 0 radical (unpaired) electrons. The van der Waals surface area contributed by atoms with E-state index in [0.717, 1.165) is 16.8 Å². The average molecular weight is 392 g/mol. The fourth-order valence-corrected chi connectivity index (χ4v) is 3.29. The van der Waals surface area contributed by atoms with E-state index in [2.05, 4.69) is 5.32 Å². The molecule has 2 aromatic rings. The third-order valence-electron chi connectivity index (χ3n) is 3.47. The molecule has 2 rings (SSSR count). The Morgan fingerprint density at radius 1 is 1.19 bits per heavy atom. The van der Waals surface area contributed by atoms with Gasteiger partial charge in [-0.3, -0.25) is 4.79 Å². The van der Waals surface area contributed by atoms with E-state index in [1.807, 2.05) is 39.0 Å². The van der Waals surface area contributed by atoms with E-state index in [1.165, 1.54) is 11.8 Å². The zero-order valence-electron chi connectivity index (χ0n) is 15.0. The first-order valence-electron chi connectivity index (χ1n) is 8.29. The molecule has 4 nitrogen and oxygen atoms in total. The van der Waals surface area contributed by atoms with E-state index >= 15 is 0 Å². The molecule has 0 aliphatic carbocycles. The fraction of sp³-hybridized carbons (Fsp3) is 0.300. The smallest absolute Gasteiger partial charge is 0.338 e. The summed E-state index contributed by atoms with van der Waals surface area (Å²) in [6.07, 6.45) is -0.152. The molecule has 1 amide bonds. The summed E-state index contributed by atoms with van der Waals surface area (Å²) in [6.45, 7) is 5.54. The second kappa shape index (κ2) is 9.64. The third-order valence-corrected chi connectivity index (χ3v) is 4.71. The molecule has 26 heavy (non-hydrogen) atoms. The molecule has 0 bridgehead atoms. The second-order valence-electron chi connectivity index (χ2n) is 6.15. The van der Waals surface area contributed by atoms with Crippen LogP contribution in [0.3, 0.4) is 0 Å². The maximum absolute atomic E-state index is 12.1. The van der Waals surface area contributed by atoms with Crippen LogP contribution in [0.2, 0.25) is 5.02 Å². The number of esters is 1. The average Bonchev–Trinajstić information content (AvgIpc) is 2.57. The molecule has 0 atom stereocenters. The number of amides is 1. The lowest BCUT2D eigenvalue weighted by atomic mass is 10.1. The third kappa shape index (κ3) is 6.39. The summed E-state index contributed by atoms with van der Waals surface area (Å²) in [5.74, 6) is 0.553. The van der Waals surface area contributed by atoms with Crippen molar-refractivity contribution in [2.75, 3.05) is 11.1 Å². The molecule has 2 aromatic carbocycles. The van der Waals surface area contributed by atoms with Crippen molar-refractivity contribution in [3.05, 3.63) is 64.2 Å². The van der Waals surface area contributed by atoms with E-state index in [4.69, 9.17) is 16.3 Å². The highest BCUT2D eigenvalue weighted by Gasteiger charge is 2.10. The SMILES string of the molecule is Cc1cc(Cl)ccc1NC(=O)CSCc1cccc(C(=O)OC(C)C)c1. The first-order chi connectivity index (χ1) is 12.3. The van der Waals surface area contributed by atoms with Gasteiger partial charge in [-0.15, -0.1) is 11.8 Å². The van der Waals surface area contributed by atoms with Crippen LogP contribution in [-0.2, 0) is 15.3 Å². The van der Waals surface area contributed by atoms with Gasteiger partial charge in [-0.25, -0.2) is 4.79 Å². The lowest BCUT2D eigenvalue weighted by molar-refractivity contribution is -0.113. The van der Waals surface area contributed by atoms with Gasteiger partial charge in [-0.05, 0) is 62.2 Å². The Morgan fingerprint density at radius 2 is 1.96 bits per heavy atom. The maximum atomic E-state index is 12.1. The van der Waals surface area contributed by atoms with Gasteiger partial charge in [0.15, 0.2) is 0 Å². The number of carbonyl (C=O) groups excluding carboxylic acids is 2. The molecule has 0 spiro atoms. The number of benzene rings is 2. The summed E-state index contributed by atoms with van der Waals surface area (Å²) in [6, 6.07) is 12.6. The Bertz CT molecular complexity index is 792. The number of carbonyl (C=O) groups is 2.